The Morgan fingerprint density at radius 3 is 2.62 bits per heavy atom. The highest BCUT2D eigenvalue weighted by Crippen LogP contribution is 2.38. The number of hydrogen-bond acceptors (Lipinski definition) is 5. The number of benzene rings is 2. The molecule has 26 heavy (non-hydrogen) atoms. The molecule has 2 aromatic rings. The Bertz CT molecular complexity index is 909. The van der Waals surface area contributed by atoms with E-state index in [9.17, 15) is 9.59 Å². The van der Waals surface area contributed by atoms with Gasteiger partial charge in [-0.2, -0.15) is 0 Å². The number of aryl methyl sites for hydroxylation is 1. The Labute approximate surface area is 152 Å². The molecule has 1 heterocycles. The number of fused-ring (bicyclic) bond motifs is 1. The average molecular weight is 352 g/mol. The maximum absolute atomic E-state index is 12.7. The second-order valence-electron chi connectivity index (χ2n) is 6.37. The second-order valence-corrected chi connectivity index (χ2v) is 6.37. The van der Waals surface area contributed by atoms with E-state index in [0.29, 0.717) is 28.4 Å². The Kier molecular flexibility index (Phi) is 4.80. The lowest BCUT2D eigenvalue weighted by Crippen LogP contribution is -2.14. The molecule has 0 aromatic heterocycles. The number of carbonyl (C=O) groups is 2. The van der Waals surface area contributed by atoms with E-state index in [1.165, 1.54) is 0 Å². The van der Waals surface area contributed by atoms with E-state index in [-0.39, 0.29) is 23.4 Å². The molecule has 2 aromatic carbocycles. The molecule has 5 heteroatoms. The van der Waals surface area contributed by atoms with Gasteiger partial charge in [0.1, 0.15) is 17.2 Å². The Morgan fingerprint density at radius 2 is 1.92 bits per heavy atom. The number of esters is 1. The minimum absolute atomic E-state index is 0.204. The second kappa shape index (κ2) is 7.04. The van der Waals surface area contributed by atoms with Crippen molar-refractivity contribution in [2.45, 2.75) is 20.8 Å². The highest BCUT2D eigenvalue weighted by atomic mass is 16.5. The molecule has 0 radical (unpaired) electrons. The summed E-state index contributed by atoms with van der Waals surface area (Å²) in [5, 5.41) is 0. The van der Waals surface area contributed by atoms with Gasteiger partial charge in [0.2, 0.25) is 5.78 Å². The van der Waals surface area contributed by atoms with Crippen LogP contribution >= 0.6 is 0 Å². The number of rotatable bonds is 4. The summed E-state index contributed by atoms with van der Waals surface area (Å²) in [7, 11) is 1.57. The lowest BCUT2D eigenvalue weighted by molar-refractivity contribution is -0.137. The Morgan fingerprint density at radius 1 is 1.19 bits per heavy atom. The number of para-hydroxylation sites is 1. The van der Waals surface area contributed by atoms with Gasteiger partial charge in [-0.05, 0) is 30.7 Å². The van der Waals surface area contributed by atoms with Crippen LogP contribution in [0.5, 0.6) is 17.2 Å². The molecule has 0 amide bonds. The van der Waals surface area contributed by atoms with Crippen LogP contribution in [0.3, 0.4) is 0 Å². The van der Waals surface area contributed by atoms with Crippen LogP contribution < -0.4 is 14.2 Å². The normalized spacial score (nSPS) is 14.3. The van der Waals surface area contributed by atoms with Gasteiger partial charge in [-0.25, -0.2) is 0 Å². The van der Waals surface area contributed by atoms with Crippen LogP contribution in [-0.2, 0) is 4.79 Å². The standard InChI is InChI=1S/C21H20O5/c1-12(2)21(23)25-15-9-13(3)19-17(11-15)26-18(20(19)22)10-14-7-5-6-8-16(14)24-4/h5-12H,1-4H3/b18-10-. The molecule has 3 rings (SSSR count). The highest BCUT2D eigenvalue weighted by molar-refractivity contribution is 6.15. The third-order valence-electron chi connectivity index (χ3n) is 4.06. The molecule has 1 aliphatic rings. The summed E-state index contributed by atoms with van der Waals surface area (Å²) in [5.41, 5.74) is 1.92. The van der Waals surface area contributed by atoms with Crippen LogP contribution in [0.1, 0.15) is 35.3 Å². The van der Waals surface area contributed by atoms with Gasteiger partial charge in [0.25, 0.3) is 0 Å². The van der Waals surface area contributed by atoms with Crippen molar-refractivity contribution in [3.8, 4) is 17.2 Å². The number of allylic oxidation sites excluding steroid dienone is 1. The van der Waals surface area contributed by atoms with Crippen molar-refractivity contribution in [2.75, 3.05) is 7.11 Å². The molecular weight excluding hydrogens is 332 g/mol. The van der Waals surface area contributed by atoms with E-state index in [4.69, 9.17) is 14.2 Å². The Hall–Kier alpha value is -3.08. The maximum Gasteiger partial charge on any atom is 0.313 e. The predicted molar refractivity (Wildman–Crippen MR) is 97.6 cm³/mol. The maximum atomic E-state index is 12.7. The largest absolute Gasteiger partial charge is 0.496 e. The molecule has 1 aliphatic heterocycles. The number of ether oxygens (including phenoxy) is 3. The van der Waals surface area contributed by atoms with Crippen LogP contribution in [0.25, 0.3) is 6.08 Å². The summed E-state index contributed by atoms with van der Waals surface area (Å²) in [6.45, 7) is 5.31. The molecule has 0 bridgehead atoms. The minimum atomic E-state index is -0.335. The molecule has 0 atom stereocenters. The van der Waals surface area contributed by atoms with Crippen molar-refractivity contribution in [1.29, 1.82) is 0 Å². The zero-order valence-corrected chi connectivity index (χ0v) is 15.2. The quantitative estimate of drug-likeness (QED) is 0.469. The molecule has 5 nitrogen and oxygen atoms in total. The van der Waals surface area contributed by atoms with Crippen molar-refractivity contribution in [1.82, 2.24) is 0 Å². The van der Waals surface area contributed by atoms with E-state index < -0.39 is 0 Å². The topological polar surface area (TPSA) is 61.8 Å². The Balaban J connectivity index is 1.95. The van der Waals surface area contributed by atoms with Crippen LogP contribution in [0.4, 0.5) is 0 Å². The molecule has 0 N–H and O–H groups in total. The van der Waals surface area contributed by atoms with Gasteiger partial charge in [0.05, 0.1) is 18.6 Å². The third-order valence-corrected chi connectivity index (χ3v) is 4.06. The van der Waals surface area contributed by atoms with Crippen LogP contribution in [0.2, 0.25) is 0 Å². The summed E-state index contributed by atoms with van der Waals surface area (Å²) in [5.74, 6) is 0.834. The van der Waals surface area contributed by atoms with Gasteiger partial charge in [-0.15, -0.1) is 0 Å². The van der Waals surface area contributed by atoms with E-state index in [2.05, 4.69) is 0 Å². The van der Waals surface area contributed by atoms with E-state index >= 15 is 0 Å². The molecule has 0 saturated carbocycles. The van der Waals surface area contributed by atoms with Crippen LogP contribution in [-0.4, -0.2) is 18.9 Å². The monoisotopic (exact) mass is 352 g/mol. The highest BCUT2D eigenvalue weighted by Gasteiger charge is 2.30. The summed E-state index contributed by atoms with van der Waals surface area (Å²) in [6, 6.07) is 10.6. The predicted octanol–water partition coefficient (Wildman–Crippen LogP) is 4.18. The van der Waals surface area contributed by atoms with Crippen LogP contribution in [0.15, 0.2) is 42.2 Å². The van der Waals surface area contributed by atoms with E-state index in [0.717, 1.165) is 5.56 Å². The zero-order chi connectivity index (χ0) is 18.8. The molecule has 0 saturated heterocycles. The molecule has 0 aliphatic carbocycles. The summed E-state index contributed by atoms with van der Waals surface area (Å²) in [4.78, 5) is 24.5. The van der Waals surface area contributed by atoms with E-state index in [1.807, 2.05) is 24.3 Å². The van der Waals surface area contributed by atoms with Crippen molar-refractivity contribution >= 4 is 17.8 Å². The summed E-state index contributed by atoms with van der Waals surface area (Å²) >= 11 is 0. The molecular formula is C21H20O5. The van der Waals surface area contributed by atoms with Gasteiger partial charge in [-0.1, -0.05) is 32.0 Å². The summed E-state index contributed by atoms with van der Waals surface area (Å²) < 4.78 is 16.4. The molecule has 134 valence electrons. The van der Waals surface area contributed by atoms with Gasteiger partial charge in [-0.3, -0.25) is 9.59 Å². The van der Waals surface area contributed by atoms with Crippen molar-refractivity contribution < 1.29 is 23.8 Å². The van der Waals surface area contributed by atoms with Gasteiger partial charge < -0.3 is 14.2 Å². The van der Waals surface area contributed by atoms with Gasteiger partial charge in [0, 0.05) is 11.6 Å². The minimum Gasteiger partial charge on any atom is -0.496 e. The first-order valence-electron chi connectivity index (χ1n) is 8.34. The SMILES string of the molecule is COc1ccccc1/C=C1\Oc2cc(OC(=O)C(C)C)cc(C)c2C1=O. The molecule has 0 unspecified atom stereocenters. The van der Waals surface area contributed by atoms with Crippen LogP contribution in [0, 0.1) is 12.8 Å². The first-order chi connectivity index (χ1) is 12.4. The fraction of sp³-hybridized carbons (Fsp3) is 0.238. The van der Waals surface area contributed by atoms with Crippen molar-refractivity contribution in [3.05, 3.63) is 58.8 Å². The van der Waals surface area contributed by atoms with Gasteiger partial charge in [0.15, 0.2) is 5.76 Å². The van der Waals surface area contributed by atoms with Crippen molar-refractivity contribution in [3.63, 3.8) is 0 Å². The number of methoxy groups -OCH3 is 1. The fourth-order valence-corrected chi connectivity index (χ4v) is 2.70. The smallest absolute Gasteiger partial charge is 0.313 e. The number of hydrogen-bond donors (Lipinski definition) is 0. The van der Waals surface area contributed by atoms with Gasteiger partial charge >= 0.3 is 5.97 Å². The zero-order valence-electron chi connectivity index (χ0n) is 15.2. The average Bonchev–Trinajstić information content (AvgIpc) is 2.91. The number of ketones is 1. The number of carbonyl (C=O) groups excluding carboxylic acids is 2. The lowest BCUT2D eigenvalue weighted by atomic mass is 10.0. The lowest BCUT2D eigenvalue weighted by Gasteiger charge is -2.09. The van der Waals surface area contributed by atoms with Crippen molar-refractivity contribution in [2.24, 2.45) is 5.92 Å². The number of Topliss-reactive ketones (excluding diaryl/α,β-unsaturated/α-hetero) is 1. The summed E-state index contributed by atoms with van der Waals surface area (Å²) in [6.07, 6.45) is 1.65. The first kappa shape index (κ1) is 17.7. The molecule has 0 spiro atoms. The first-order valence-corrected chi connectivity index (χ1v) is 8.34. The molecule has 0 fully saturated rings. The third kappa shape index (κ3) is 3.33. The fourth-order valence-electron chi connectivity index (χ4n) is 2.70. The van der Waals surface area contributed by atoms with E-state index in [1.54, 1.807) is 46.1 Å².